The van der Waals surface area contributed by atoms with E-state index in [0.29, 0.717) is 24.7 Å². The van der Waals surface area contributed by atoms with Crippen LogP contribution in [0.3, 0.4) is 0 Å². The van der Waals surface area contributed by atoms with E-state index in [9.17, 15) is 4.79 Å². The number of carbonyl (C=O) groups is 1. The molecule has 1 aromatic rings. The van der Waals surface area contributed by atoms with Crippen molar-refractivity contribution in [2.45, 2.75) is 19.9 Å². The minimum Gasteiger partial charge on any atom is -0.379 e. The van der Waals surface area contributed by atoms with Crippen molar-refractivity contribution in [2.75, 3.05) is 52.5 Å². The number of morpholine rings is 1. The van der Waals surface area contributed by atoms with Crippen LogP contribution in [0.15, 0.2) is 29.5 Å². The van der Waals surface area contributed by atoms with Gasteiger partial charge in [-0.25, -0.2) is 0 Å². The van der Waals surface area contributed by atoms with Crippen LogP contribution in [0.5, 0.6) is 0 Å². The Bertz CT molecular complexity index is 566. The van der Waals surface area contributed by atoms with E-state index in [4.69, 9.17) is 4.74 Å². The Morgan fingerprint density at radius 2 is 2.04 bits per heavy atom. The maximum Gasteiger partial charge on any atom is 0.252 e. The molecule has 1 aliphatic heterocycles. The van der Waals surface area contributed by atoms with Crippen LogP contribution in [0.1, 0.15) is 24.2 Å². The average molecular weight is 490 g/mol. The number of carbonyl (C=O) groups excluding carboxylic acids is 1. The molecule has 0 radical (unpaired) electrons. The van der Waals surface area contributed by atoms with Gasteiger partial charge in [-0.15, -0.1) is 24.0 Å². The number of guanidine groups is 1. The van der Waals surface area contributed by atoms with E-state index in [1.807, 2.05) is 6.92 Å². The highest BCUT2D eigenvalue weighted by Crippen LogP contribution is 2.03. The number of aliphatic imine (C=N–C) groups is 1. The summed E-state index contributed by atoms with van der Waals surface area (Å²) < 4.78 is 5.39. The van der Waals surface area contributed by atoms with Crippen molar-refractivity contribution < 1.29 is 9.53 Å². The fourth-order valence-electron chi connectivity index (χ4n) is 2.65. The normalized spacial score (nSPS) is 16.1. The fraction of sp³-hybridized carbons (Fsp3) is 0.611. The zero-order valence-electron chi connectivity index (χ0n) is 16.1. The predicted molar refractivity (Wildman–Crippen MR) is 118 cm³/mol. The van der Waals surface area contributed by atoms with E-state index >= 15 is 0 Å². The number of amides is 1. The molecule has 1 atom stereocenters. The van der Waals surface area contributed by atoms with Gasteiger partial charge < -0.3 is 20.7 Å². The molecular formula is C18H31IN6O2. The van der Waals surface area contributed by atoms with Crippen molar-refractivity contribution in [1.82, 2.24) is 25.8 Å². The SMILES string of the molecule is CCNC(=NCC(C)N1CCOCC1)NCCNC(=O)c1cccnc1.I. The standard InChI is InChI=1S/C18H30N6O2.HI/c1-3-20-18(23-13-15(2)24-9-11-26-12-10-24)22-8-7-21-17(25)16-5-4-6-19-14-16;/h4-6,14-15H,3,7-13H2,1-2H3,(H,21,25)(H2,20,22,23);1H. The zero-order chi connectivity index (χ0) is 18.6. The Labute approximate surface area is 178 Å². The molecule has 0 aliphatic carbocycles. The smallest absolute Gasteiger partial charge is 0.252 e. The van der Waals surface area contributed by atoms with E-state index in [2.05, 4.69) is 37.8 Å². The number of hydrogen-bond acceptors (Lipinski definition) is 5. The minimum atomic E-state index is -0.122. The topological polar surface area (TPSA) is 90.9 Å². The number of pyridine rings is 1. The summed E-state index contributed by atoms with van der Waals surface area (Å²) in [6, 6.07) is 3.87. The molecule has 1 aliphatic rings. The van der Waals surface area contributed by atoms with Gasteiger partial charge in [-0.05, 0) is 26.0 Å². The van der Waals surface area contributed by atoms with Gasteiger partial charge in [0, 0.05) is 51.2 Å². The number of hydrogen-bond donors (Lipinski definition) is 3. The van der Waals surface area contributed by atoms with E-state index in [-0.39, 0.29) is 29.9 Å². The van der Waals surface area contributed by atoms with E-state index in [1.54, 1.807) is 24.5 Å². The largest absolute Gasteiger partial charge is 0.379 e. The summed E-state index contributed by atoms with van der Waals surface area (Å²) in [4.78, 5) is 23.0. The van der Waals surface area contributed by atoms with Crippen molar-refractivity contribution in [3.05, 3.63) is 30.1 Å². The van der Waals surface area contributed by atoms with E-state index in [0.717, 1.165) is 45.4 Å². The minimum absolute atomic E-state index is 0. The summed E-state index contributed by atoms with van der Waals surface area (Å²) >= 11 is 0. The highest BCUT2D eigenvalue weighted by molar-refractivity contribution is 14.0. The molecule has 152 valence electrons. The Hall–Kier alpha value is -1.46. The Morgan fingerprint density at radius 1 is 1.30 bits per heavy atom. The van der Waals surface area contributed by atoms with Gasteiger partial charge in [0.1, 0.15) is 0 Å². The van der Waals surface area contributed by atoms with Gasteiger partial charge in [0.25, 0.3) is 5.91 Å². The first kappa shape index (κ1) is 23.6. The summed E-state index contributed by atoms with van der Waals surface area (Å²) in [5.41, 5.74) is 0.562. The van der Waals surface area contributed by atoms with Gasteiger partial charge in [0.2, 0.25) is 0 Å². The Morgan fingerprint density at radius 3 is 2.70 bits per heavy atom. The highest BCUT2D eigenvalue weighted by Gasteiger charge is 2.16. The summed E-state index contributed by atoms with van der Waals surface area (Å²) in [6.07, 6.45) is 3.21. The molecular weight excluding hydrogens is 459 g/mol. The number of rotatable bonds is 8. The van der Waals surface area contributed by atoms with Crippen LogP contribution in [0.4, 0.5) is 0 Å². The van der Waals surface area contributed by atoms with Crippen molar-refractivity contribution in [3.8, 4) is 0 Å². The molecule has 0 bridgehead atoms. The molecule has 0 aromatic carbocycles. The van der Waals surface area contributed by atoms with Crippen LogP contribution in [0.2, 0.25) is 0 Å². The van der Waals surface area contributed by atoms with Crippen molar-refractivity contribution >= 4 is 35.8 Å². The third-order valence-electron chi connectivity index (χ3n) is 4.15. The molecule has 0 saturated carbocycles. The molecule has 3 N–H and O–H groups in total. The zero-order valence-corrected chi connectivity index (χ0v) is 18.4. The quantitative estimate of drug-likeness (QED) is 0.215. The maximum atomic E-state index is 12.0. The first-order chi connectivity index (χ1) is 12.7. The van der Waals surface area contributed by atoms with E-state index in [1.165, 1.54) is 0 Å². The molecule has 1 amide bonds. The van der Waals surface area contributed by atoms with Crippen molar-refractivity contribution in [1.29, 1.82) is 0 Å². The molecule has 1 unspecified atom stereocenters. The molecule has 1 saturated heterocycles. The number of aromatic nitrogens is 1. The van der Waals surface area contributed by atoms with Crippen molar-refractivity contribution in [3.63, 3.8) is 0 Å². The summed E-state index contributed by atoms with van der Waals surface area (Å²) in [7, 11) is 0. The second-order valence-electron chi connectivity index (χ2n) is 6.14. The molecule has 1 aromatic heterocycles. The molecule has 27 heavy (non-hydrogen) atoms. The maximum absolute atomic E-state index is 12.0. The van der Waals surface area contributed by atoms with Gasteiger partial charge in [-0.2, -0.15) is 0 Å². The number of ether oxygens (including phenoxy) is 1. The van der Waals surface area contributed by atoms with Gasteiger partial charge in [0.15, 0.2) is 5.96 Å². The van der Waals surface area contributed by atoms with Crippen molar-refractivity contribution in [2.24, 2.45) is 4.99 Å². The van der Waals surface area contributed by atoms with Gasteiger partial charge in [-0.3, -0.25) is 19.7 Å². The van der Waals surface area contributed by atoms with Crippen LogP contribution in [-0.2, 0) is 4.74 Å². The lowest BCUT2D eigenvalue weighted by Gasteiger charge is -2.31. The van der Waals surface area contributed by atoms with Crippen LogP contribution in [0, 0.1) is 0 Å². The summed E-state index contributed by atoms with van der Waals surface area (Å²) in [5, 5.41) is 9.35. The van der Waals surface area contributed by atoms with Crippen LogP contribution >= 0.6 is 24.0 Å². The second-order valence-corrected chi connectivity index (χ2v) is 6.14. The molecule has 2 heterocycles. The number of halogens is 1. The van der Waals surface area contributed by atoms with Gasteiger partial charge >= 0.3 is 0 Å². The molecule has 9 heteroatoms. The molecule has 2 rings (SSSR count). The fourth-order valence-corrected chi connectivity index (χ4v) is 2.65. The molecule has 8 nitrogen and oxygen atoms in total. The summed E-state index contributed by atoms with van der Waals surface area (Å²) in [5.74, 6) is 0.644. The van der Waals surface area contributed by atoms with Crippen LogP contribution < -0.4 is 16.0 Å². The van der Waals surface area contributed by atoms with Gasteiger partial charge in [-0.1, -0.05) is 0 Å². The first-order valence-electron chi connectivity index (χ1n) is 9.23. The average Bonchev–Trinajstić information content (AvgIpc) is 2.70. The third-order valence-corrected chi connectivity index (χ3v) is 4.15. The lowest BCUT2D eigenvalue weighted by molar-refractivity contribution is 0.0220. The van der Waals surface area contributed by atoms with Crippen LogP contribution in [0.25, 0.3) is 0 Å². The molecule has 1 fully saturated rings. The molecule has 0 spiro atoms. The monoisotopic (exact) mass is 490 g/mol. The van der Waals surface area contributed by atoms with Crippen LogP contribution in [-0.4, -0.2) is 80.3 Å². The third kappa shape index (κ3) is 8.85. The number of nitrogens with one attached hydrogen (secondary N) is 3. The summed E-state index contributed by atoms with van der Waals surface area (Å²) in [6.45, 7) is 10.4. The lowest BCUT2D eigenvalue weighted by Crippen LogP contribution is -2.45. The predicted octanol–water partition coefficient (Wildman–Crippen LogP) is 0.705. The van der Waals surface area contributed by atoms with E-state index < -0.39 is 0 Å². The first-order valence-corrected chi connectivity index (χ1v) is 9.23. The number of nitrogens with zero attached hydrogens (tertiary/aromatic N) is 3. The highest BCUT2D eigenvalue weighted by atomic mass is 127. The Kier molecular flexibility index (Phi) is 11.9. The Balaban J connectivity index is 0.00000364. The lowest BCUT2D eigenvalue weighted by atomic mass is 10.2. The second kappa shape index (κ2) is 13.7. The van der Waals surface area contributed by atoms with Gasteiger partial charge in [0.05, 0.1) is 25.3 Å².